The van der Waals surface area contributed by atoms with Gasteiger partial charge in [-0.25, -0.2) is 4.99 Å². The second-order valence-corrected chi connectivity index (χ2v) is 6.83. The summed E-state index contributed by atoms with van der Waals surface area (Å²) in [5.41, 5.74) is 2.74. The molecule has 0 saturated carbocycles. The minimum atomic E-state index is -0.164. The zero-order valence-corrected chi connectivity index (χ0v) is 15.4. The van der Waals surface area contributed by atoms with E-state index in [2.05, 4.69) is 10.3 Å². The van der Waals surface area contributed by atoms with E-state index in [1.165, 1.54) is 11.8 Å². The van der Waals surface area contributed by atoms with Gasteiger partial charge in [0.05, 0.1) is 22.2 Å². The Morgan fingerprint density at radius 2 is 2.08 bits per heavy atom. The molecular weight excluding hydrogens is 356 g/mol. The molecule has 0 spiro atoms. The van der Waals surface area contributed by atoms with E-state index in [9.17, 15) is 4.79 Å². The van der Waals surface area contributed by atoms with Crippen LogP contribution >= 0.6 is 23.4 Å². The summed E-state index contributed by atoms with van der Waals surface area (Å²) in [5, 5.41) is 3.89. The van der Waals surface area contributed by atoms with E-state index < -0.39 is 0 Å². The second-order valence-electron chi connectivity index (χ2n) is 5.39. The smallest absolute Gasteiger partial charge is 0.264 e. The number of amides is 1. The predicted octanol–water partition coefficient (Wildman–Crippen LogP) is 4.94. The molecule has 1 fully saturated rings. The van der Waals surface area contributed by atoms with Crippen LogP contribution in [0.25, 0.3) is 6.08 Å². The molecule has 1 aliphatic heterocycles. The Morgan fingerprint density at radius 1 is 1.28 bits per heavy atom. The van der Waals surface area contributed by atoms with E-state index in [1.807, 2.05) is 44.2 Å². The minimum absolute atomic E-state index is 0.164. The summed E-state index contributed by atoms with van der Waals surface area (Å²) in [6, 6.07) is 13.2. The Bertz CT molecular complexity index is 877. The number of para-hydroxylation sites is 1. The van der Waals surface area contributed by atoms with Crippen LogP contribution in [0.3, 0.4) is 0 Å². The van der Waals surface area contributed by atoms with E-state index >= 15 is 0 Å². The first-order chi connectivity index (χ1) is 12.1. The number of hydrogen-bond donors (Lipinski definition) is 1. The molecule has 128 valence electrons. The molecule has 3 rings (SSSR count). The Balaban J connectivity index is 1.82. The van der Waals surface area contributed by atoms with Crippen LogP contribution in [0.4, 0.5) is 5.69 Å². The molecule has 0 unspecified atom stereocenters. The number of ether oxygens (including phenoxy) is 1. The van der Waals surface area contributed by atoms with E-state index in [-0.39, 0.29) is 5.91 Å². The summed E-state index contributed by atoms with van der Waals surface area (Å²) >= 11 is 7.51. The van der Waals surface area contributed by atoms with Gasteiger partial charge in [-0.15, -0.1) is 0 Å². The van der Waals surface area contributed by atoms with Crippen molar-refractivity contribution < 1.29 is 9.53 Å². The summed E-state index contributed by atoms with van der Waals surface area (Å²) in [5.74, 6) is 0.471. The Labute approximate surface area is 155 Å². The van der Waals surface area contributed by atoms with Crippen molar-refractivity contribution in [1.82, 2.24) is 5.32 Å². The van der Waals surface area contributed by atoms with Crippen molar-refractivity contribution in [1.29, 1.82) is 0 Å². The lowest BCUT2D eigenvalue weighted by Gasteiger charge is -2.05. The number of nitrogens with one attached hydrogen (secondary N) is 1. The molecular formula is C19H17ClN2O2S. The zero-order valence-electron chi connectivity index (χ0n) is 13.9. The number of carbonyl (C=O) groups excluding carboxylic acids is 1. The van der Waals surface area contributed by atoms with Crippen molar-refractivity contribution in [2.75, 3.05) is 6.61 Å². The molecule has 0 radical (unpaired) electrons. The first kappa shape index (κ1) is 17.6. The Kier molecular flexibility index (Phi) is 5.46. The lowest BCUT2D eigenvalue weighted by Crippen LogP contribution is -2.19. The van der Waals surface area contributed by atoms with Crippen LogP contribution < -0.4 is 10.1 Å². The zero-order chi connectivity index (χ0) is 17.8. The first-order valence-electron chi connectivity index (χ1n) is 7.84. The topological polar surface area (TPSA) is 50.7 Å². The summed E-state index contributed by atoms with van der Waals surface area (Å²) in [6.45, 7) is 4.44. The third kappa shape index (κ3) is 4.24. The fraction of sp³-hybridized carbons (Fsp3) is 0.158. The number of amidine groups is 1. The third-order valence-corrected chi connectivity index (χ3v) is 4.75. The summed E-state index contributed by atoms with van der Waals surface area (Å²) in [7, 11) is 0. The highest BCUT2D eigenvalue weighted by atomic mass is 35.5. The van der Waals surface area contributed by atoms with Crippen molar-refractivity contribution in [3.63, 3.8) is 0 Å². The predicted molar refractivity (Wildman–Crippen MR) is 105 cm³/mol. The van der Waals surface area contributed by atoms with Crippen molar-refractivity contribution in [3.8, 4) is 5.75 Å². The maximum absolute atomic E-state index is 12.2. The minimum Gasteiger partial charge on any atom is -0.492 e. The van der Waals surface area contributed by atoms with Gasteiger partial charge >= 0.3 is 0 Å². The monoisotopic (exact) mass is 372 g/mol. The Hall–Kier alpha value is -2.24. The van der Waals surface area contributed by atoms with Gasteiger partial charge in [0.1, 0.15) is 5.75 Å². The van der Waals surface area contributed by atoms with Gasteiger partial charge < -0.3 is 10.1 Å². The highest BCUT2D eigenvalue weighted by molar-refractivity contribution is 8.18. The SMILES string of the molecule is CCOc1ccc(/C=C2\SC(=Nc3ccccc3C)NC2=O)cc1Cl. The number of nitrogens with zero attached hydrogens (tertiary/aromatic N) is 1. The number of carbonyl (C=O) groups is 1. The Morgan fingerprint density at radius 3 is 2.80 bits per heavy atom. The van der Waals surface area contributed by atoms with Crippen LogP contribution in [0.2, 0.25) is 5.02 Å². The quantitative estimate of drug-likeness (QED) is 0.773. The maximum Gasteiger partial charge on any atom is 0.264 e. The molecule has 25 heavy (non-hydrogen) atoms. The number of rotatable bonds is 4. The van der Waals surface area contributed by atoms with Gasteiger partial charge in [0, 0.05) is 0 Å². The molecule has 6 heteroatoms. The van der Waals surface area contributed by atoms with Gasteiger partial charge in [-0.1, -0.05) is 35.9 Å². The van der Waals surface area contributed by atoms with Gasteiger partial charge in [0.25, 0.3) is 5.91 Å². The van der Waals surface area contributed by atoms with E-state index in [0.717, 1.165) is 16.8 Å². The molecule has 1 aliphatic rings. The van der Waals surface area contributed by atoms with E-state index in [0.29, 0.717) is 27.5 Å². The van der Waals surface area contributed by atoms with Crippen molar-refractivity contribution >= 4 is 46.2 Å². The number of hydrogen-bond acceptors (Lipinski definition) is 4. The lowest BCUT2D eigenvalue weighted by atomic mass is 10.2. The lowest BCUT2D eigenvalue weighted by molar-refractivity contribution is -0.115. The molecule has 0 aromatic heterocycles. The number of aliphatic imine (C=N–C) groups is 1. The van der Waals surface area contributed by atoms with Gasteiger partial charge in [-0.3, -0.25) is 4.79 Å². The molecule has 0 atom stereocenters. The molecule has 0 aliphatic carbocycles. The van der Waals surface area contributed by atoms with Crippen LogP contribution in [0.5, 0.6) is 5.75 Å². The summed E-state index contributed by atoms with van der Waals surface area (Å²) in [4.78, 5) is 17.3. The average molecular weight is 373 g/mol. The van der Waals surface area contributed by atoms with Gasteiger partial charge in [-0.2, -0.15) is 0 Å². The van der Waals surface area contributed by atoms with Crippen molar-refractivity contribution in [2.45, 2.75) is 13.8 Å². The van der Waals surface area contributed by atoms with Gasteiger partial charge in [0.2, 0.25) is 0 Å². The van der Waals surface area contributed by atoms with E-state index in [4.69, 9.17) is 16.3 Å². The van der Waals surface area contributed by atoms with Gasteiger partial charge in [-0.05, 0) is 61.0 Å². The fourth-order valence-corrected chi connectivity index (χ4v) is 3.39. The largest absolute Gasteiger partial charge is 0.492 e. The van der Waals surface area contributed by atoms with Crippen LogP contribution in [-0.4, -0.2) is 17.7 Å². The maximum atomic E-state index is 12.2. The highest BCUT2D eigenvalue weighted by Gasteiger charge is 2.24. The van der Waals surface area contributed by atoms with E-state index in [1.54, 1.807) is 18.2 Å². The number of halogens is 1. The fourth-order valence-electron chi connectivity index (χ4n) is 2.31. The second kappa shape index (κ2) is 7.76. The molecule has 1 saturated heterocycles. The summed E-state index contributed by atoms with van der Waals surface area (Å²) in [6.07, 6.45) is 1.79. The molecule has 1 N–H and O–H groups in total. The van der Waals surface area contributed by atoms with Gasteiger partial charge in [0.15, 0.2) is 5.17 Å². The normalized spacial score (nSPS) is 17.2. The number of benzene rings is 2. The highest BCUT2D eigenvalue weighted by Crippen LogP contribution is 2.31. The number of aryl methyl sites for hydroxylation is 1. The molecule has 2 aromatic rings. The van der Waals surface area contributed by atoms with Crippen LogP contribution in [0.15, 0.2) is 52.4 Å². The molecule has 0 bridgehead atoms. The standard InChI is InChI=1S/C19H17ClN2O2S/c1-3-24-16-9-8-13(10-14(16)20)11-17-18(23)22-19(25-17)21-15-7-5-4-6-12(15)2/h4-11H,3H2,1-2H3,(H,21,22,23)/b17-11-. The number of thioether (sulfide) groups is 1. The van der Waals surface area contributed by atoms with Crippen LogP contribution in [0.1, 0.15) is 18.1 Å². The molecule has 1 heterocycles. The molecule has 4 nitrogen and oxygen atoms in total. The van der Waals surface area contributed by atoms with Crippen molar-refractivity contribution in [3.05, 3.63) is 63.5 Å². The molecule has 1 amide bonds. The van der Waals surface area contributed by atoms with Crippen molar-refractivity contribution in [2.24, 2.45) is 4.99 Å². The summed E-state index contributed by atoms with van der Waals surface area (Å²) < 4.78 is 5.42. The average Bonchev–Trinajstić information content (AvgIpc) is 2.92. The van der Waals surface area contributed by atoms with Crippen LogP contribution in [0, 0.1) is 6.92 Å². The third-order valence-electron chi connectivity index (χ3n) is 3.54. The van der Waals surface area contributed by atoms with Crippen LogP contribution in [-0.2, 0) is 4.79 Å². The first-order valence-corrected chi connectivity index (χ1v) is 9.04. The molecule has 2 aromatic carbocycles.